The highest BCUT2D eigenvalue weighted by Crippen LogP contribution is 2.27. The first kappa shape index (κ1) is 18.4. The lowest BCUT2D eigenvalue weighted by atomic mass is 9.96. The van der Waals surface area contributed by atoms with Crippen molar-refractivity contribution in [2.45, 2.75) is 46.1 Å². The van der Waals surface area contributed by atoms with Gasteiger partial charge in [0.15, 0.2) is 0 Å². The van der Waals surface area contributed by atoms with Gasteiger partial charge in [-0.15, -0.1) is 10.2 Å². The lowest BCUT2D eigenvalue weighted by molar-refractivity contribution is 0.0697. The third kappa shape index (κ3) is 3.44. The summed E-state index contributed by atoms with van der Waals surface area (Å²) in [7, 11) is 0. The van der Waals surface area contributed by atoms with Crippen LogP contribution in [0.2, 0.25) is 0 Å². The van der Waals surface area contributed by atoms with Gasteiger partial charge in [-0.25, -0.2) is 0 Å². The van der Waals surface area contributed by atoms with Crippen molar-refractivity contribution in [3.8, 4) is 11.3 Å². The summed E-state index contributed by atoms with van der Waals surface area (Å²) in [5, 5.41) is 15.6. The van der Waals surface area contributed by atoms with Crippen LogP contribution in [-0.2, 0) is 6.54 Å². The normalized spacial score (nSPS) is 17.1. The van der Waals surface area contributed by atoms with Crippen molar-refractivity contribution >= 4 is 5.91 Å². The molecule has 28 heavy (non-hydrogen) atoms. The van der Waals surface area contributed by atoms with Gasteiger partial charge in [0.05, 0.1) is 5.69 Å². The summed E-state index contributed by atoms with van der Waals surface area (Å²) in [5.74, 6) is 1.19. The van der Waals surface area contributed by atoms with Gasteiger partial charge in [0.25, 0.3) is 5.91 Å². The second-order valence-corrected chi connectivity index (χ2v) is 7.53. The minimum Gasteiger partial charge on any atom is -0.337 e. The highest BCUT2D eigenvalue weighted by molar-refractivity contribution is 5.93. The highest BCUT2D eigenvalue weighted by Gasteiger charge is 2.29. The van der Waals surface area contributed by atoms with Gasteiger partial charge in [-0.05, 0) is 56.9 Å². The molecule has 4 rings (SSSR count). The number of hydrogen-bond donors (Lipinski definition) is 1. The molecule has 7 heteroatoms. The van der Waals surface area contributed by atoms with Crippen molar-refractivity contribution in [1.82, 2.24) is 29.9 Å². The Bertz CT molecular complexity index is 988. The van der Waals surface area contributed by atoms with E-state index in [4.69, 9.17) is 0 Å². The Kier molecular flexibility index (Phi) is 4.98. The average Bonchev–Trinajstić information content (AvgIpc) is 3.39. The number of benzene rings is 1. The number of nitrogens with one attached hydrogen (secondary N) is 1. The Morgan fingerprint density at radius 1 is 1.25 bits per heavy atom. The Balaban J connectivity index is 1.51. The molecular weight excluding hydrogens is 352 g/mol. The maximum absolute atomic E-state index is 13.0. The van der Waals surface area contributed by atoms with Gasteiger partial charge in [-0.3, -0.25) is 9.89 Å². The molecule has 0 radical (unpaired) electrons. The van der Waals surface area contributed by atoms with E-state index in [9.17, 15) is 4.79 Å². The number of carbonyl (C=O) groups is 1. The molecule has 1 unspecified atom stereocenters. The molecule has 3 heterocycles. The standard InChI is InChI=1S/C21H26N6O/c1-4-26-13-22-25-20(26)17-6-5-9-27(12-17)21(28)19-11-18(23-24-19)16-8-7-14(2)15(3)10-16/h7-8,10-11,13,17H,4-6,9,12H2,1-3H3,(H,23,24). The van der Waals surface area contributed by atoms with Gasteiger partial charge in [0.1, 0.15) is 17.8 Å². The van der Waals surface area contributed by atoms with E-state index in [2.05, 4.69) is 57.9 Å². The van der Waals surface area contributed by atoms with Gasteiger partial charge in [-0.2, -0.15) is 5.10 Å². The zero-order chi connectivity index (χ0) is 19.7. The largest absolute Gasteiger partial charge is 0.337 e. The molecular formula is C21H26N6O. The highest BCUT2D eigenvalue weighted by atomic mass is 16.2. The van der Waals surface area contributed by atoms with Gasteiger partial charge < -0.3 is 9.47 Å². The number of hydrogen-bond acceptors (Lipinski definition) is 4. The molecule has 0 saturated carbocycles. The van der Waals surface area contributed by atoms with Crippen LogP contribution in [0.4, 0.5) is 0 Å². The van der Waals surface area contributed by atoms with E-state index in [1.807, 2.05) is 17.0 Å². The summed E-state index contributed by atoms with van der Waals surface area (Å²) in [4.78, 5) is 15.0. The van der Waals surface area contributed by atoms with E-state index in [-0.39, 0.29) is 11.8 Å². The fourth-order valence-corrected chi connectivity index (χ4v) is 3.85. The number of H-pyrrole nitrogens is 1. The monoisotopic (exact) mass is 378 g/mol. The van der Waals surface area contributed by atoms with Gasteiger partial charge in [0.2, 0.25) is 0 Å². The number of carbonyl (C=O) groups excluding carboxylic acids is 1. The van der Waals surface area contributed by atoms with Crippen molar-refractivity contribution < 1.29 is 4.79 Å². The summed E-state index contributed by atoms with van der Waals surface area (Å²) >= 11 is 0. The lowest BCUT2D eigenvalue weighted by Gasteiger charge is -2.32. The lowest BCUT2D eigenvalue weighted by Crippen LogP contribution is -2.40. The second kappa shape index (κ2) is 7.58. The molecule has 146 valence electrons. The molecule has 1 aliphatic heterocycles. The Labute approximate surface area is 164 Å². The fourth-order valence-electron chi connectivity index (χ4n) is 3.85. The van der Waals surface area contributed by atoms with Gasteiger partial charge >= 0.3 is 0 Å². The molecule has 1 fully saturated rings. The maximum atomic E-state index is 13.0. The van der Waals surface area contributed by atoms with Crippen molar-refractivity contribution in [2.75, 3.05) is 13.1 Å². The topological polar surface area (TPSA) is 79.7 Å². The Morgan fingerprint density at radius 3 is 2.89 bits per heavy atom. The molecule has 1 N–H and O–H groups in total. The van der Waals surface area contributed by atoms with Crippen molar-refractivity contribution in [3.05, 3.63) is 53.2 Å². The van der Waals surface area contributed by atoms with Crippen LogP contribution in [0.5, 0.6) is 0 Å². The van der Waals surface area contributed by atoms with Crippen molar-refractivity contribution in [2.24, 2.45) is 0 Å². The number of nitrogens with zero attached hydrogens (tertiary/aromatic N) is 5. The quantitative estimate of drug-likeness (QED) is 0.755. The van der Waals surface area contributed by atoms with Crippen LogP contribution >= 0.6 is 0 Å². The van der Waals surface area contributed by atoms with Crippen LogP contribution in [0.25, 0.3) is 11.3 Å². The minimum absolute atomic E-state index is 0.00477. The van der Waals surface area contributed by atoms with Crippen LogP contribution in [0.15, 0.2) is 30.6 Å². The fraction of sp³-hybridized carbons (Fsp3) is 0.429. The summed E-state index contributed by atoms with van der Waals surface area (Å²) in [5.41, 5.74) is 4.81. The van der Waals surface area contributed by atoms with E-state index >= 15 is 0 Å². The first-order chi connectivity index (χ1) is 13.6. The molecule has 1 amide bonds. The number of likely N-dealkylation sites (tertiary alicyclic amines) is 1. The third-order valence-electron chi connectivity index (χ3n) is 5.67. The van der Waals surface area contributed by atoms with Gasteiger partial charge in [0, 0.05) is 31.1 Å². The number of amides is 1. The minimum atomic E-state index is -0.00477. The van der Waals surface area contributed by atoms with Crippen LogP contribution in [-0.4, -0.2) is 48.9 Å². The molecule has 1 saturated heterocycles. The van der Waals surface area contributed by atoms with Crippen LogP contribution in [0.3, 0.4) is 0 Å². The number of aromatic amines is 1. The Morgan fingerprint density at radius 2 is 2.11 bits per heavy atom. The molecule has 0 spiro atoms. The van der Waals surface area contributed by atoms with Gasteiger partial charge in [-0.1, -0.05) is 12.1 Å². The predicted molar refractivity (Wildman–Crippen MR) is 107 cm³/mol. The molecule has 2 aromatic heterocycles. The van der Waals surface area contributed by atoms with Crippen LogP contribution < -0.4 is 0 Å². The summed E-state index contributed by atoms with van der Waals surface area (Å²) < 4.78 is 2.06. The molecule has 7 nitrogen and oxygen atoms in total. The SMILES string of the molecule is CCn1cnnc1C1CCCN(C(=O)c2cc(-c3ccc(C)c(C)c3)n[nH]2)C1. The summed E-state index contributed by atoms with van der Waals surface area (Å²) in [6.45, 7) is 8.51. The molecule has 3 aromatic rings. The predicted octanol–water partition coefficient (Wildman–Crippen LogP) is 3.32. The number of aromatic nitrogens is 5. The first-order valence-corrected chi connectivity index (χ1v) is 9.86. The van der Waals surface area contributed by atoms with Crippen LogP contribution in [0.1, 0.15) is 53.1 Å². The number of aryl methyl sites for hydroxylation is 3. The van der Waals surface area contributed by atoms with E-state index in [0.717, 1.165) is 43.0 Å². The molecule has 1 aromatic carbocycles. The smallest absolute Gasteiger partial charge is 0.271 e. The molecule has 1 atom stereocenters. The maximum Gasteiger partial charge on any atom is 0.271 e. The van der Waals surface area contributed by atoms with Crippen LogP contribution in [0, 0.1) is 13.8 Å². The van der Waals surface area contributed by atoms with E-state index < -0.39 is 0 Å². The number of rotatable bonds is 4. The molecule has 0 aliphatic carbocycles. The van der Waals surface area contributed by atoms with Crippen molar-refractivity contribution in [3.63, 3.8) is 0 Å². The van der Waals surface area contributed by atoms with E-state index in [1.54, 1.807) is 6.33 Å². The average molecular weight is 378 g/mol. The molecule has 1 aliphatic rings. The van der Waals surface area contributed by atoms with E-state index in [1.165, 1.54) is 11.1 Å². The third-order valence-corrected chi connectivity index (χ3v) is 5.67. The first-order valence-electron chi connectivity index (χ1n) is 9.86. The summed E-state index contributed by atoms with van der Waals surface area (Å²) in [6, 6.07) is 8.08. The summed E-state index contributed by atoms with van der Waals surface area (Å²) in [6.07, 6.45) is 3.76. The Hall–Kier alpha value is -2.96. The second-order valence-electron chi connectivity index (χ2n) is 7.53. The van der Waals surface area contributed by atoms with Crippen molar-refractivity contribution in [1.29, 1.82) is 0 Å². The zero-order valence-electron chi connectivity index (χ0n) is 16.6. The zero-order valence-corrected chi connectivity index (χ0v) is 16.6. The number of piperidine rings is 1. The molecule has 0 bridgehead atoms. The van der Waals surface area contributed by atoms with E-state index in [0.29, 0.717) is 12.2 Å².